The van der Waals surface area contributed by atoms with Crippen molar-refractivity contribution < 1.29 is 9.53 Å². The number of carbonyl (C=O) groups is 1. The van der Waals surface area contributed by atoms with Crippen molar-refractivity contribution in [3.05, 3.63) is 12.2 Å². The lowest BCUT2D eigenvalue weighted by Crippen LogP contribution is -2.52. The highest BCUT2D eigenvalue weighted by Crippen LogP contribution is 2.50. The first-order chi connectivity index (χ1) is 14.6. The fourth-order valence-corrected chi connectivity index (χ4v) is 8.70. The zero-order valence-electron chi connectivity index (χ0n) is 19.1. The van der Waals surface area contributed by atoms with Crippen LogP contribution < -0.4 is 0 Å². The van der Waals surface area contributed by atoms with Crippen LogP contribution in [0.4, 0.5) is 0 Å². The normalized spacial score (nSPS) is 40.7. The van der Waals surface area contributed by atoms with E-state index in [1.165, 1.54) is 77.0 Å². The lowest BCUT2D eigenvalue weighted by molar-refractivity contribution is -0.156. The summed E-state index contributed by atoms with van der Waals surface area (Å²) in [4.78, 5) is 15.9. The van der Waals surface area contributed by atoms with Gasteiger partial charge in [0.2, 0.25) is 0 Å². The molecule has 0 aromatic carbocycles. The van der Waals surface area contributed by atoms with Gasteiger partial charge >= 0.3 is 5.97 Å². The van der Waals surface area contributed by atoms with E-state index in [2.05, 4.69) is 53.6 Å². The first-order valence-corrected chi connectivity index (χ1v) is 14.0. The molecule has 2 heterocycles. The zero-order valence-corrected chi connectivity index (χ0v) is 21.3. The van der Waals surface area contributed by atoms with Gasteiger partial charge in [-0.2, -0.15) is 0 Å². The van der Waals surface area contributed by atoms with Gasteiger partial charge in [0.1, 0.15) is 6.61 Å². The molecular formula is C26H42INO2. The average molecular weight is 528 g/mol. The van der Waals surface area contributed by atoms with Crippen LogP contribution in [0.15, 0.2) is 12.2 Å². The fourth-order valence-electron chi connectivity index (χ4n) is 7.18. The number of piperidine rings is 1. The summed E-state index contributed by atoms with van der Waals surface area (Å²) in [5, 5.41) is 0. The lowest BCUT2D eigenvalue weighted by Gasteiger charge is -2.47. The largest absolute Gasteiger partial charge is 0.461 e. The standard InChI is InChI=1S/C26H42INO2/c1-3-19-11-12-20(16-23(19)27)22-17-21-13-14-24(28(21)2)25(22)26(29)30-15-7-10-18-8-5-4-6-9-18/h7,10,18-25H,3-6,8-9,11-17H2,1-2H3/b10-7+/t19?,20?,21-,22-,23?,24?,25?/m1/s1. The molecule has 0 radical (unpaired) electrons. The molecule has 4 fully saturated rings. The first-order valence-electron chi connectivity index (χ1n) is 12.8. The number of halogens is 1. The van der Waals surface area contributed by atoms with Crippen LogP contribution >= 0.6 is 22.6 Å². The third kappa shape index (κ3) is 5.10. The number of esters is 1. The van der Waals surface area contributed by atoms with Crippen LogP contribution in [0.1, 0.15) is 84.0 Å². The number of allylic oxidation sites excluding steroid dienone is 1. The highest BCUT2D eigenvalue weighted by molar-refractivity contribution is 14.1. The molecule has 0 amide bonds. The summed E-state index contributed by atoms with van der Waals surface area (Å²) in [6.45, 7) is 2.81. The molecule has 4 aliphatic rings. The molecule has 2 saturated carbocycles. The number of carbonyl (C=O) groups excluding carboxylic acids is 1. The predicted octanol–water partition coefficient (Wildman–Crippen LogP) is 6.39. The maximum atomic E-state index is 13.4. The van der Waals surface area contributed by atoms with Crippen LogP contribution in [0, 0.1) is 29.6 Å². The summed E-state index contributed by atoms with van der Waals surface area (Å²) < 4.78 is 6.68. The Bertz CT molecular complexity index is 602. The maximum absolute atomic E-state index is 13.4. The summed E-state index contributed by atoms with van der Waals surface area (Å²) in [7, 11) is 2.25. The monoisotopic (exact) mass is 527 g/mol. The van der Waals surface area contributed by atoms with Gasteiger partial charge in [0.15, 0.2) is 0 Å². The van der Waals surface area contributed by atoms with Crippen molar-refractivity contribution in [3.8, 4) is 0 Å². The van der Waals surface area contributed by atoms with E-state index in [0.717, 1.165) is 9.84 Å². The third-order valence-corrected chi connectivity index (χ3v) is 10.6. The van der Waals surface area contributed by atoms with Crippen LogP contribution in [0.25, 0.3) is 0 Å². The molecule has 2 bridgehead atoms. The highest BCUT2D eigenvalue weighted by atomic mass is 127. The van der Waals surface area contributed by atoms with Crippen LogP contribution in [-0.4, -0.2) is 40.5 Å². The van der Waals surface area contributed by atoms with E-state index in [-0.39, 0.29) is 11.9 Å². The Morgan fingerprint density at radius 3 is 2.60 bits per heavy atom. The van der Waals surface area contributed by atoms with Crippen LogP contribution in [0.3, 0.4) is 0 Å². The van der Waals surface area contributed by atoms with Crippen LogP contribution in [0.2, 0.25) is 0 Å². The Morgan fingerprint density at radius 1 is 1.07 bits per heavy atom. The number of fused-ring (bicyclic) bond motifs is 2. The third-order valence-electron chi connectivity index (χ3n) is 9.04. The fraction of sp³-hybridized carbons (Fsp3) is 0.885. The molecule has 5 unspecified atom stereocenters. The van der Waals surface area contributed by atoms with Gasteiger partial charge in [-0.05, 0) is 82.1 Å². The van der Waals surface area contributed by atoms with Gasteiger partial charge in [-0.1, -0.05) is 67.3 Å². The first kappa shape index (κ1) is 23.1. The van der Waals surface area contributed by atoms with Crippen LogP contribution in [-0.2, 0) is 9.53 Å². The molecule has 0 N–H and O–H groups in total. The van der Waals surface area contributed by atoms with Gasteiger partial charge in [0.05, 0.1) is 5.92 Å². The van der Waals surface area contributed by atoms with Crippen molar-refractivity contribution in [2.45, 2.75) is 100.0 Å². The number of rotatable bonds is 6. The Hall–Kier alpha value is -0.100. The van der Waals surface area contributed by atoms with Crippen molar-refractivity contribution in [2.75, 3.05) is 13.7 Å². The maximum Gasteiger partial charge on any atom is 0.311 e. The smallest absolute Gasteiger partial charge is 0.311 e. The molecule has 170 valence electrons. The minimum atomic E-state index is 0.0867. The molecule has 2 aliphatic heterocycles. The van der Waals surface area contributed by atoms with E-state index < -0.39 is 0 Å². The van der Waals surface area contributed by atoms with E-state index in [0.29, 0.717) is 36.4 Å². The van der Waals surface area contributed by atoms with Gasteiger partial charge in [-0.25, -0.2) is 0 Å². The van der Waals surface area contributed by atoms with E-state index in [9.17, 15) is 4.79 Å². The number of ether oxygens (including phenoxy) is 1. The number of alkyl halides is 1. The highest BCUT2D eigenvalue weighted by Gasteiger charge is 2.52. The molecule has 30 heavy (non-hydrogen) atoms. The topological polar surface area (TPSA) is 29.5 Å². The molecule has 4 rings (SSSR count). The Balaban J connectivity index is 1.38. The summed E-state index contributed by atoms with van der Waals surface area (Å²) >= 11 is 2.70. The quantitative estimate of drug-likeness (QED) is 0.173. The Morgan fingerprint density at radius 2 is 1.87 bits per heavy atom. The molecule has 7 atom stereocenters. The molecule has 0 aromatic heterocycles. The summed E-state index contributed by atoms with van der Waals surface area (Å²) in [6.07, 6.45) is 20.1. The molecular weight excluding hydrogens is 485 g/mol. The van der Waals surface area contributed by atoms with E-state index in [1.54, 1.807) is 0 Å². The SMILES string of the molecule is CCC1CCC([C@H]2C[C@H]3CCC(C2C(=O)OC/C=C/C2CCCCC2)N3C)CC1I. The second-order valence-corrected chi connectivity index (χ2v) is 12.2. The van der Waals surface area contributed by atoms with Gasteiger partial charge in [0, 0.05) is 16.0 Å². The average Bonchev–Trinajstić information content (AvgIpc) is 2.99. The summed E-state index contributed by atoms with van der Waals surface area (Å²) in [5.41, 5.74) is 0. The van der Waals surface area contributed by atoms with Crippen molar-refractivity contribution in [2.24, 2.45) is 29.6 Å². The molecule has 2 aliphatic carbocycles. The van der Waals surface area contributed by atoms with Crippen molar-refractivity contribution in [1.29, 1.82) is 0 Å². The Labute approximate surface area is 197 Å². The van der Waals surface area contributed by atoms with Crippen molar-refractivity contribution in [1.82, 2.24) is 4.90 Å². The Kier molecular flexibility index (Phi) is 8.21. The van der Waals surface area contributed by atoms with E-state index in [4.69, 9.17) is 4.74 Å². The molecule has 4 heteroatoms. The summed E-state index contributed by atoms with van der Waals surface area (Å²) in [6, 6.07) is 1.09. The second-order valence-electron chi connectivity index (χ2n) is 10.6. The van der Waals surface area contributed by atoms with Gasteiger partial charge in [0.25, 0.3) is 0 Å². The van der Waals surface area contributed by atoms with Gasteiger partial charge in [-0.3, -0.25) is 9.69 Å². The van der Waals surface area contributed by atoms with E-state index in [1.807, 2.05) is 0 Å². The van der Waals surface area contributed by atoms with Crippen molar-refractivity contribution in [3.63, 3.8) is 0 Å². The lowest BCUT2D eigenvalue weighted by atomic mass is 9.66. The van der Waals surface area contributed by atoms with Gasteiger partial charge in [-0.15, -0.1) is 0 Å². The van der Waals surface area contributed by atoms with E-state index >= 15 is 0 Å². The zero-order chi connectivity index (χ0) is 21.1. The molecule has 3 nitrogen and oxygen atoms in total. The summed E-state index contributed by atoms with van der Waals surface area (Å²) in [5.74, 6) is 3.00. The number of nitrogens with zero attached hydrogens (tertiary/aromatic N) is 1. The molecule has 0 aromatic rings. The second kappa shape index (κ2) is 10.7. The van der Waals surface area contributed by atoms with Crippen LogP contribution in [0.5, 0.6) is 0 Å². The minimum Gasteiger partial charge on any atom is -0.461 e. The molecule has 0 spiro atoms. The minimum absolute atomic E-state index is 0.0867. The molecule has 2 saturated heterocycles. The number of hydrogen-bond acceptors (Lipinski definition) is 3. The van der Waals surface area contributed by atoms with Gasteiger partial charge < -0.3 is 4.74 Å². The number of hydrogen-bond donors (Lipinski definition) is 0. The predicted molar refractivity (Wildman–Crippen MR) is 132 cm³/mol. The van der Waals surface area contributed by atoms with Crippen molar-refractivity contribution >= 4 is 28.6 Å².